The number of rotatable bonds is 5. The molecule has 0 atom stereocenters. The fourth-order valence-corrected chi connectivity index (χ4v) is 2.93. The number of aromatic nitrogens is 2. The largest absolute Gasteiger partial charge is 0.328 e. The van der Waals surface area contributed by atoms with E-state index in [0.29, 0.717) is 28.7 Å². The number of carbonyl (C=O) groups excluding carboxylic acids is 1. The van der Waals surface area contributed by atoms with E-state index in [1.54, 1.807) is 19.1 Å². The molecule has 2 N–H and O–H groups in total. The van der Waals surface area contributed by atoms with Gasteiger partial charge in [-0.05, 0) is 49.2 Å². The molecule has 0 fully saturated rings. The molecule has 0 saturated carbocycles. The summed E-state index contributed by atoms with van der Waals surface area (Å²) in [5, 5.41) is 3.21. The van der Waals surface area contributed by atoms with E-state index >= 15 is 0 Å². The molecule has 26 heavy (non-hydrogen) atoms. The van der Waals surface area contributed by atoms with Crippen LogP contribution >= 0.6 is 0 Å². The molecule has 6 heteroatoms. The number of fused-ring (bicyclic) bond motifs is 1. The van der Waals surface area contributed by atoms with Crippen LogP contribution in [-0.4, -0.2) is 15.5 Å². The van der Waals surface area contributed by atoms with E-state index in [2.05, 4.69) is 17.2 Å². The normalized spacial score (nSPS) is 10.8. The van der Waals surface area contributed by atoms with Crippen LogP contribution in [0.3, 0.4) is 0 Å². The topological polar surface area (TPSA) is 84.0 Å². The molecule has 2 aromatic carbocycles. The molecule has 134 valence electrons. The summed E-state index contributed by atoms with van der Waals surface area (Å²) in [6, 6.07) is 12.4. The Hall–Kier alpha value is -3.15. The number of hydrogen-bond acceptors (Lipinski definition) is 3. The maximum Gasteiger partial charge on any atom is 0.328 e. The zero-order chi connectivity index (χ0) is 18.7. The molecule has 0 spiro atoms. The first-order valence-electron chi connectivity index (χ1n) is 8.70. The van der Waals surface area contributed by atoms with Gasteiger partial charge >= 0.3 is 5.69 Å². The minimum absolute atomic E-state index is 0.292. The number of aromatic amines is 1. The Kier molecular flexibility index (Phi) is 5.02. The number of nitrogens with one attached hydrogen (secondary N) is 2. The monoisotopic (exact) mass is 351 g/mol. The van der Waals surface area contributed by atoms with Gasteiger partial charge in [0, 0.05) is 17.8 Å². The van der Waals surface area contributed by atoms with E-state index in [1.807, 2.05) is 24.3 Å². The number of amides is 1. The number of hydrogen-bond donors (Lipinski definition) is 2. The summed E-state index contributed by atoms with van der Waals surface area (Å²) >= 11 is 0. The van der Waals surface area contributed by atoms with Crippen molar-refractivity contribution < 1.29 is 4.79 Å². The van der Waals surface area contributed by atoms with E-state index in [0.717, 1.165) is 17.4 Å². The molecule has 0 saturated heterocycles. The minimum Gasteiger partial charge on any atom is -0.322 e. The summed E-state index contributed by atoms with van der Waals surface area (Å²) < 4.78 is 1.12. The average molecular weight is 351 g/mol. The molecule has 6 nitrogen and oxygen atoms in total. The smallest absolute Gasteiger partial charge is 0.322 e. The van der Waals surface area contributed by atoms with Gasteiger partial charge in [-0.15, -0.1) is 0 Å². The van der Waals surface area contributed by atoms with Gasteiger partial charge < -0.3 is 10.3 Å². The Bertz CT molecular complexity index is 1060. The van der Waals surface area contributed by atoms with Crippen LogP contribution in [0, 0.1) is 0 Å². The quantitative estimate of drug-likeness (QED) is 0.741. The third-order valence-electron chi connectivity index (χ3n) is 4.31. The SMILES string of the molecule is CCCc1ccc(NC(=O)c2ccc3c(=O)n(CC)c(=O)[nH]c3c2)cc1. The van der Waals surface area contributed by atoms with Crippen molar-refractivity contribution in [2.75, 3.05) is 5.32 Å². The summed E-state index contributed by atoms with van der Waals surface area (Å²) in [7, 11) is 0. The number of anilines is 1. The van der Waals surface area contributed by atoms with E-state index in [9.17, 15) is 14.4 Å². The highest BCUT2D eigenvalue weighted by atomic mass is 16.2. The van der Waals surface area contributed by atoms with Crippen molar-refractivity contribution >= 4 is 22.5 Å². The highest BCUT2D eigenvalue weighted by Crippen LogP contribution is 2.14. The average Bonchev–Trinajstić information content (AvgIpc) is 2.63. The zero-order valence-electron chi connectivity index (χ0n) is 14.8. The molecule has 1 heterocycles. The van der Waals surface area contributed by atoms with E-state index in [4.69, 9.17) is 0 Å². The van der Waals surface area contributed by atoms with Crippen LogP contribution in [0.25, 0.3) is 10.9 Å². The second-order valence-corrected chi connectivity index (χ2v) is 6.14. The first kappa shape index (κ1) is 17.7. The van der Waals surface area contributed by atoms with Crippen LogP contribution < -0.4 is 16.6 Å². The summed E-state index contributed by atoms with van der Waals surface area (Å²) in [5.74, 6) is -0.296. The summed E-state index contributed by atoms with van der Waals surface area (Å²) in [5.41, 5.74) is 1.82. The Labute approximate surface area is 150 Å². The second kappa shape index (κ2) is 7.39. The Balaban J connectivity index is 1.89. The number of nitrogens with zero attached hydrogens (tertiary/aromatic N) is 1. The first-order chi connectivity index (χ1) is 12.5. The number of benzene rings is 2. The van der Waals surface area contributed by atoms with Gasteiger partial charge in [0.05, 0.1) is 10.9 Å². The van der Waals surface area contributed by atoms with Crippen LogP contribution in [0.1, 0.15) is 36.2 Å². The van der Waals surface area contributed by atoms with Crippen LogP contribution in [0.4, 0.5) is 5.69 Å². The molecule has 0 unspecified atom stereocenters. The molecule has 0 aliphatic rings. The highest BCUT2D eigenvalue weighted by molar-refractivity contribution is 6.06. The lowest BCUT2D eigenvalue weighted by molar-refractivity contribution is 0.102. The lowest BCUT2D eigenvalue weighted by atomic mass is 10.1. The van der Waals surface area contributed by atoms with Crippen molar-refractivity contribution in [2.45, 2.75) is 33.2 Å². The third kappa shape index (κ3) is 3.44. The van der Waals surface area contributed by atoms with Crippen molar-refractivity contribution in [3.63, 3.8) is 0 Å². The number of H-pyrrole nitrogens is 1. The first-order valence-corrected chi connectivity index (χ1v) is 8.70. The highest BCUT2D eigenvalue weighted by Gasteiger charge is 2.11. The van der Waals surface area contributed by atoms with Crippen molar-refractivity contribution in [1.82, 2.24) is 9.55 Å². The fraction of sp³-hybridized carbons (Fsp3) is 0.250. The van der Waals surface area contributed by atoms with Gasteiger partial charge in [0.2, 0.25) is 0 Å². The number of aryl methyl sites for hydroxylation is 1. The predicted octanol–water partition coefficient (Wildman–Crippen LogP) is 2.91. The summed E-state index contributed by atoms with van der Waals surface area (Å²) in [4.78, 5) is 39.4. The second-order valence-electron chi connectivity index (χ2n) is 6.14. The minimum atomic E-state index is -0.478. The van der Waals surface area contributed by atoms with Gasteiger partial charge in [-0.2, -0.15) is 0 Å². The van der Waals surface area contributed by atoms with Gasteiger partial charge in [-0.1, -0.05) is 25.5 Å². The maximum absolute atomic E-state index is 12.5. The van der Waals surface area contributed by atoms with Gasteiger partial charge in [-0.3, -0.25) is 14.2 Å². The van der Waals surface area contributed by atoms with Crippen LogP contribution in [0.2, 0.25) is 0 Å². The molecular formula is C20H21N3O3. The number of carbonyl (C=O) groups is 1. The van der Waals surface area contributed by atoms with Crippen molar-refractivity contribution in [1.29, 1.82) is 0 Å². The Morgan fingerprint density at radius 2 is 1.81 bits per heavy atom. The van der Waals surface area contributed by atoms with Gasteiger partial charge in [0.15, 0.2) is 0 Å². The molecule has 1 amide bonds. The van der Waals surface area contributed by atoms with Crippen LogP contribution in [0.15, 0.2) is 52.1 Å². The standard InChI is InChI=1S/C20H21N3O3/c1-3-5-13-6-9-15(10-7-13)21-18(24)14-8-11-16-17(12-14)22-20(26)23(4-2)19(16)25/h6-12H,3-5H2,1-2H3,(H,21,24)(H,22,26). The molecule has 3 rings (SSSR count). The van der Waals surface area contributed by atoms with Gasteiger partial charge in [0.1, 0.15) is 0 Å². The van der Waals surface area contributed by atoms with Crippen molar-refractivity contribution in [3.8, 4) is 0 Å². The van der Waals surface area contributed by atoms with Crippen LogP contribution in [-0.2, 0) is 13.0 Å². The lowest BCUT2D eigenvalue weighted by Crippen LogP contribution is -2.34. The fourth-order valence-electron chi connectivity index (χ4n) is 2.93. The molecular weight excluding hydrogens is 330 g/mol. The molecule has 3 aromatic rings. The van der Waals surface area contributed by atoms with E-state index in [1.165, 1.54) is 11.6 Å². The molecule has 0 aliphatic heterocycles. The maximum atomic E-state index is 12.5. The Morgan fingerprint density at radius 3 is 2.46 bits per heavy atom. The summed E-state index contributed by atoms with van der Waals surface area (Å²) in [6.45, 7) is 4.14. The Morgan fingerprint density at radius 1 is 1.08 bits per heavy atom. The van der Waals surface area contributed by atoms with Crippen molar-refractivity contribution in [2.24, 2.45) is 0 Å². The summed E-state index contributed by atoms with van der Waals surface area (Å²) in [6.07, 6.45) is 2.07. The van der Waals surface area contributed by atoms with Crippen LogP contribution in [0.5, 0.6) is 0 Å². The van der Waals surface area contributed by atoms with Gasteiger partial charge in [-0.25, -0.2) is 4.79 Å². The predicted molar refractivity (Wildman–Crippen MR) is 103 cm³/mol. The van der Waals surface area contributed by atoms with E-state index < -0.39 is 5.69 Å². The molecule has 0 radical (unpaired) electrons. The van der Waals surface area contributed by atoms with Crippen molar-refractivity contribution in [3.05, 3.63) is 74.4 Å². The molecule has 0 bridgehead atoms. The third-order valence-corrected chi connectivity index (χ3v) is 4.31. The zero-order valence-corrected chi connectivity index (χ0v) is 14.8. The van der Waals surface area contributed by atoms with E-state index in [-0.39, 0.29) is 11.5 Å². The van der Waals surface area contributed by atoms with Gasteiger partial charge in [0.25, 0.3) is 11.5 Å². The molecule has 0 aliphatic carbocycles. The molecule has 1 aromatic heterocycles. The lowest BCUT2D eigenvalue weighted by Gasteiger charge is -2.08.